The molecule has 1 rings (SSSR count). The highest BCUT2D eigenvalue weighted by Gasteiger charge is 2.21. The molecule has 1 aliphatic heterocycles. The Morgan fingerprint density at radius 1 is 1.36 bits per heavy atom. The van der Waals surface area contributed by atoms with Crippen molar-refractivity contribution in [2.45, 2.75) is 0 Å². The molecule has 0 aromatic heterocycles. The molecule has 0 aromatic rings. The minimum atomic E-state index is -0.221. The van der Waals surface area contributed by atoms with E-state index in [9.17, 15) is 9.59 Å². The molecule has 1 aliphatic rings. The van der Waals surface area contributed by atoms with E-state index in [4.69, 9.17) is 0 Å². The number of rotatable bonds is 3. The van der Waals surface area contributed by atoms with Crippen LogP contribution in [0, 0.1) is 0 Å². The number of hydrogen-bond acceptors (Lipinski definition) is 3. The summed E-state index contributed by atoms with van der Waals surface area (Å²) in [5.74, 6) is -0.441. The molecule has 4 nitrogen and oxygen atoms in total. The fourth-order valence-electron chi connectivity index (χ4n) is 0.806. The van der Waals surface area contributed by atoms with E-state index in [0.29, 0.717) is 13.1 Å². The third-order valence-corrected chi connectivity index (χ3v) is 1.87. The average Bonchev–Trinajstić information content (AvgIpc) is 2.29. The van der Waals surface area contributed by atoms with Gasteiger partial charge in [0.15, 0.2) is 0 Å². The van der Waals surface area contributed by atoms with Crippen LogP contribution in [0.2, 0.25) is 0 Å². The number of imide groups is 1. The standard InChI is InChI=1S/C6H7IN2O2/c7-8-3-4-9-5(10)1-2-6(9)11/h1-2,8H,3-4H2. The lowest BCUT2D eigenvalue weighted by atomic mass is 10.5. The van der Waals surface area contributed by atoms with Crippen molar-refractivity contribution in [3.8, 4) is 0 Å². The number of carbonyl (C=O) groups excluding carboxylic acids is 2. The van der Waals surface area contributed by atoms with Crippen LogP contribution in [0.1, 0.15) is 0 Å². The highest BCUT2D eigenvalue weighted by molar-refractivity contribution is 14.1. The van der Waals surface area contributed by atoms with E-state index in [1.54, 1.807) is 0 Å². The van der Waals surface area contributed by atoms with E-state index in [1.807, 2.05) is 22.9 Å². The summed E-state index contributed by atoms with van der Waals surface area (Å²) in [6.07, 6.45) is 2.57. The van der Waals surface area contributed by atoms with Crippen molar-refractivity contribution in [3.05, 3.63) is 12.2 Å². The zero-order chi connectivity index (χ0) is 8.27. The van der Waals surface area contributed by atoms with Crippen LogP contribution >= 0.6 is 22.9 Å². The first kappa shape index (κ1) is 8.66. The molecule has 0 saturated heterocycles. The van der Waals surface area contributed by atoms with Gasteiger partial charge in [0.1, 0.15) is 0 Å². The molecule has 1 N–H and O–H groups in total. The molecule has 11 heavy (non-hydrogen) atoms. The van der Waals surface area contributed by atoms with Gasteiger partial charge in [-0.2, -0.15) is 0 Å². The second-order valence-corrected chi connectivity index (χ2v) is 2.81. The summed E-state index contributed by atoms with van der Waals surface area (Å²) in [7, 11) is 0. The molecular weight excluding hydrogens is 259 g/mol. The molecule has 0 fully saturated rings. The maximum absolute atomic E-state index is 10.9. The van der Waals surface area contributed by atoms with Crippen molar-refractivity contribution in [2.75, 3.05) is 13.1 Å². The van der Waals surface area contributed by atoms with E-state index in [2.05, 4.69) is 3.53 Å². The van der Waals surface area contributed by atoms with E-state index in [-0.39, 0.29) is 11.8 Å². The quantitative estimate of drug-likeness (QED) is 0.439. The van der Waals surface area contributed by atoms with Crippen molar-refractivity contribution in [3.63, 3.8) is 0 Å². The van der Waals surface area contributed by atoms with Gasteiger partial charge in [-0.1, -0.05) is 0 Å². The molecule has 2 amide bonds. The smallest absolute Gasteiger partial charge is 0.253 e. The highest BCUT2D eigenvalue weighted by atomic mass is 127. The molecule has 0 saturated carbocycles. The summed E-state index contributed by atoms with van der Waals surface area (Å²) in [5.41, 5.74) is 0. The first-order valence-corrected chi connectivity index (χ1v) is 4.20. The fraction of sp³-hybridized carbons (Fsp3) is 0.333. The fourth-order valence-corrected chi connectivity index (χ4v) is 1.05. The molecule has 60 valence electrons. The molecule has 1 heterocycles. The molecule has 5 heteroatoms. The van der Waals surface area contributed by atoms with Gasteiger partial charge < -0.3 is 0 Å². The van der Waals surface area contributed by atoms with Crippen molar-refractivity contribution < 1.29 is 9.59 Å². The molecule has 0 aliphatic carbocycles. The Labute approximate surface area is 78.1 Å². The predicted octanol–water partition coefficient (Wildman–Crippen LogP) is -0.149. The van der Waals surface area contributed by atoms with Gasteiger partial charge in [0.05, 0.1) is 0 Å². The maximum Gasteiger partial charge on any atom is 0.253 e. The number of carbonyl (C=O) groups is 2. The molecule has 0 bridgehead atoms. The molecule has 0 aromatic carbocycles. The Kier molecular flexibility index (Phi) is 3.01. The van der Waals surface area contributed by atoms with Gasteiger partial charge in [0, 0.05) is 48.1 Å². The highest BCUT2D eigenvalue weighted by Crippen LogP contribution is 2.01. The first-order chi connectivity index (χ1) is 5.25. The van der Waals surface area contributed by atoms with Gasteiger partial charge in [-0.15, -0.1) is 0 Å². The molecule has 0 radical (unpaired) electrons. The Morgan fingerprint density at radius 3 is 2.36 bits per heavy atom. The van der Waals surface area contributed by atoms with Gasteiger partial charge in [0.2, 0.25) is 0 Å². The number of nitrogens with zero attached hydrogens (tertiary/aromatic N) is 1. The zero-order valence-electron chi connectivity index (χ0n) is 5.71. The van der Waals surface area contributed by atoms with E-state index < -0.39 is 0 Å². The van der Waals surface area contributed by atoms with Crippen LogP contribution in [-0.4, -0.2) is 29.8 Å². The largest absolute Gasteiger partial charge is 0.274 e. The van der Waals surface area contributed by atoms with Crippen molar-refractivity contribution >= 4 is 34.7 Å². The molecule has 0 spiro atoms. The number of amides is 2. The van der Waals surface area contributed by atoms with Crippen LogP contribution in [0.4, 0.5) is 0 Å². The topological polar surface area (TPSA) is 49.4 Å². The third kappa shape index (κ3) is 2.00. The maximum atomic E-state index is 10.9. The van der Waals surface area contributed by atoms with E-state index >= 15 is 0 Å². The van der Waals surface area contributed by atoms with Crippen LogP contribution in [0.15, 0.2) is 12.2 Å². The van der Waals surface area contributed by atoms with Crippen molar-refractivity contribution in [2.24, 2.45) is 0 Å². The van der Waals surface area contributed by atoms with Gasteiger partial charge in [-0.05, 0) is 0 Å². The number of halogens is 1. The Hall–Kier alpha value is -0.430. The van der Waals surface area contributed by atoms with Crippen molar-refractivity contribution in [1.29, 1.82) is 0 Å². The first-order valence-electron chi connectivity index (χ1n) is 3.12. The normalized spacial score (nSPS) is 16.6. The summed E-state index contributed by atoms with van der Waals surface area (Å²) >= 11 is 1.97. The lowest BCUT2D eigenvalue weighted by Gasteiger charge is -2.11. The second kappa shape index (κ2) is 3.82. The van der Waals surface area contributed by atoms with Crippen LogP contribution in [0.25, 0.3) is 0 Å². The Bertz CT molecular complexity index is 197. The van der Waals surface area contributed by atoms with Gasteiger partial charge in [-0.25, -0.2) is 0 Å². The van der Waals surface area contributed by atoms with Crippen molar-refractivity contribution in [1.82, 2.24) is 8.43 Å². The monoisotopic (exact) mass is 266 g/mol. The summed E-state index contributed by atoms with van der Waals surface area (Å²) in [6, 6.07) is 0. The SMILES string of the molecule is O=C1C=CC(=O)N1CCNI. The number of nitrogens with one attached hydrogen (secondary N) is 1. The van der Waals surface area contributed by atoms with Gasteiger partial charge in [-0.3, -0.25) is 18.0 Å². The minimum Gasteiger partial charge on any atom is -0.274 e. The Balaban J connectivity index is 2.46. The van der Waals surface area contributed by atoms with Crippen LogP contribution in [0.3, 0.4) is 0 Å². The van der Waals surface area contributed by atoms with Crippen LogP contribution in [-0.2, 0) is 9.59 Å². The van der Waals surface area contributed by atoms with Crippen LogP contribution < -0.4 is 3.53 Å². The predicted molar refractivity (Wildman–Crippen MR) is 47.9 cm³/mol. The Morgan fingerprint density at radius 2 is 1.91 bits per heavy atom. The summed E-state index contributed by atoms with van der Waals surface area (Å²) in [6.45, 7) is 1.06. The lowest BCUT2D eigenvalue weighted by Crippen LogP contribution is -2.34. The third-order valence-electron chi connectivity index (χ3n) is 1.33. The molecular formula is C6H7IN2O2. The van der Waals surface area contributed by atoms with Crippen LogP contribution in [0.5, 0.6) is 0 Å². The second-order valence-electron chi connectivity index (χ2n) is 2.05. The van der Waals surface area contributed by atoms with E-state index in [1.165, 1.54) is 17.1 Å². The summed E-state index contributed by atoms with van der Waals surface area (Å²) in [5, 5.41) is 0. The summed E-state index contributed by atoms with van der Waals surface area (Å²) in [4.78, 5) is 23.0. The zero-order valence-corrected chi connectivity index (χ0v) is 7.87. The molecule has 0 atom stereocenters. The molecule has 0 unspecified atom stereocenters. The summed E-state index contributed by atoms with van der Waals surface area (Å²) < 4.78 is 2.83. The van der Waals surface area contributed by atoms with Gasteiger partial charge in [0.25, 0.3) is 11.8 Å². The number of hydrogen-bond donors (Lipinski definition) is 1. The lowest BCUT2D eigenvalue weighted by molar-refractivity contribution is -0.136. The van der Waals surface area contributed by atoms with E-state index in [0.717, 1.165) is 0 Å². The average molecular weight is 266 g/mol. The van der Waals surface area contributed by atoms with Gasteiger partial charge >= 0.3 is 0 Å². The minimum absolute atomic E-state index is 0.221.